The van der Waals surface area contributed by atoms with Gasteiger partial charge in [-0.2, -0.15) is 0 Å². The maximum absolute atomic E-state index is 11.9. The summed E-state index contributed by atoms with van der Waals surface area (Å²) in [7, 11) is 0. The van der Waals surface area contributed by atoms with Crippen molar-refractivity contribution >= 4 is 0 Å². The van der Waals surface area contributed by atoms with Crippen LogP contribution in [0.3, 0.4) is 0 Å². The Bertz CT molecular complexity index is 790. The van der Waals surface area contributed by atoms with Crippen LogP contribution in [-0.2, 0) is 14.2 Å². The number of aliphatic hydroxyl groups excluding tert-OH is 1. The number of hydrogen-bond acceptors (Lipinski definition) is 5. The van der Waals surface area contributed by atoms with Crippen molar-refractivity contribution in [3.8, 4) is 0 Å². The van der Waals surface area contributed by atoms with Crippen LogP contribution in [0.25, 0.3) is 0 Å². The van der Waals surface area contributed by atoms with Gasteiger partial charge in [-0.05, 0) is 59.3 Å². The summed E-state index contributed by atoms with van der Waals surface area (Å²) in [5.74, 6) is 0. The van der Waals surface area contributed by atoms with Gasteiger partial charge in [0.25, 0.3) is 0 Å². The molecule has 0 saturated carbocycles. The molecule has 2 heterocycles. The third-order valence-corrected chi connectivity index (χ3v) is 13.0. The van der Waals surface area contributed by atoms with Crippen molar-refractivity contribution in [3.63, 3.8) is 0 Å². The predicted octanol–water partition coefficient (Wildman–Crippen LogP) is 5.99. The van der Waals surface area contributed by atoms with E-state index in [9.17, 15) is 10.2 Å². The van der Waals surface area contributed by atoms with E-state index in [2.05, 4.69) is 83.1 Å². The average molecular weight is 485 g/mol. The van der Waals surface area contributed by atoms with Crippen LogP contribution in [0.1, 0.15) is 111 Å². The maximum Gasteiger partial charge on any atom is 0.118 e. The summed E-state index contributed by atoms with van der Waals surface area (Å²) in [6, 6.07) is 0. The molecule has 2 unspecified atom stereocenters. The Morgan fingerprint density at radius 3 is 1.38 bits per heavy atom. The Labute approximate surface area is 210 Å². The molecular weight excluding hydrogens is 428 g/mol. The van der Waals surface area contributed by atoms with E-state index in [1.165, 1.54) is 0 Å². The molecule has 2 fully saturated rings. The highest BCUT2D eigenvalue weighted by Crippen LogP contribution is 2.67. The van der Waals surface area contributed by atoms with Crippen molar-refractivity contribution in [3.05, 3.63) is 0 Å². The molecule has 5 heteroatoms. The molecule has 0 aromatic carbocycles. The zero-order chi connectivity index (χ0) is 27.2. The van der Waals surface area contributed by atoms with Crippen molar-refractivity contribution in [2.24, 2.45) is 27.1 Å². The molecule has 2 aliphatic heterocycles. The van der Waals surface area contributed by atoms with Crippen LogP contribution in [0.15, 0.2) is 0 Å². The molecule has 34 heavy (non-hydrogen) atoms. The van der Waals surface area contributed by atoms with Crippen molar-refractivity contribution in [2.45, 2.75) is 139 Å². The number of hydrogen-bond donors (Lipinski definition) is 2. The lowest BCUT2D eigenvalue weighted by atomic mass is 9.44. The second kappa shape index (κ2) is 7.66. The minimum absolute atomic E-state index is 0.0370. The highest BCUT2D eigenvalue weighted by Gasteiger charge is 2.71. The van der Waals surface area contributed by atoms with Crippen LogP contribution >= 0.6 is 0 Å². The smallest absolute Gasteiger partial charge is 0.118 e. The quantitative estimate of drug-likeness (QED) is 0.501. The fraction of sp³-hybridized carbons (Fsp3) is 1.00. The van der Waals surface area contributed by atoms with Crippen LogP contribution in [0.2, 0.25) is 0 Å². The van der Waals surface area contributed by atoms with Gasteiger partial charge in [0.2, 0.25) is 0 Å². The van der Waals surface area contributed by atoms with Crippen LogP contribution < -0.4 is 0 Å². The van der Waals surface area contributed by atoms with Crippen LogP contribution in [0.5, 0.6) is 0 Å². The number of ether oxygens (including phenoxy) is 3. The fourth-order valence-electron chi connectivity index (χ4n) is 6.83. The molecule has 0 aromatic rings. The zero-order valence-corrected chi connectivity index (χ0v) is 25.2. The molecule has 0 spiro atoms. The van der Waals surface area contributed by atoms with Gasteiger partial charge in [-0.1, -0.05) is 62.3 Å². The van der Waals surface area contributed by atoms with Gasteiger partial charge < -0.3 is 24.4 Å². The second-order valence-corrected chi connectivity index (χ2v) is 15.2. The lowest BCUT2D eigenvalue weighted by Crippen LogP contribution is -2.78. The molecule has 2 rings (SSSR count). The van der Waals surface area contributed by atoms with Gasteiger partial charge in [0.05, 0.1) is 36.6 Å². The predicted molar refractivity (Wildman–Crippen MR) is 139 cm³/mol. The molecule has 5 nitrogen and oxygen atoms in total. The molecule has 0 aromatic heterocycles. The highest BCUT2D eigenvalue weighted by molar-refractivity contribution is 5.19. The van der Waals surface area contributed by atoms with E-state index in [1.807, 2.05) is 13.8 Å². The standard InChI is InChI=1S/C29H56O5/c1-20(2)21(3,4)24(9,10)34-28(15,22(20,5)6)19-32-18-26(13)23(7,8)25(11,12)33-27(14,17-30)29(26,16)31/h30-31H,17-19H2,1-16H3/t26-,27?,28?,29-/m0/s1. The Morgan fingerprint density at radius 1 is 0.529 bits per heavy atom. The Morgan fingerprint density at radius 2 is 0.941 bits per heavy atom. The van der Waals surface area contributed by atoms with E-state index in [0.29, 0.717) is 13.2 Å². The van der Waals surface area contributed by atoms with Crippen LogP contribution in [-0.4, -0.2) is 58.0 Å². The minimum Gasteiger partial charge on any atom is -0.393 e. The molecule has 0 radical (unpaired) electrons. The Hall–Kier alpha value is -0.200. The van der Waals surface area contributed by atoms with Gasteiger partial charge in [-0.3, -0.25) is 0 Å². The fourth-order valence-corrected chi connectivity index (χ4v) is 6.83. The van der Waals surface area contributed by atoms with E-state index in [-0.39, 0.29) is 28.5 Å². The van der Waals surface area contributed by atoms with Gasteiger partial charge >= 0.3 is 0 Å². The second-order valence-electron chi connectivity index (χ2n) is 15.2. The van der Waals surface area contributed by atoms with Gasteiger partial charge in [0, 0.05) is 16.2 Å². The van der Waals surface area contributed by atoms with E-state index in [4.69, 9.17) is 14.2 Å². The SMILES string of the molecule is CC1(C)OC(C)(COC[C@@]2(C)C(C)(C)C(C)(C)OC(C)(CO)[C@@]2(C)O)C(C)(C)C(C)(C)C1(C)C. The van der Waals surface area contributed by atoms with E-state index in [1.54, 1.807) is 13.8 Å². The lowest BCUT2D eigenvalue weighted by molar-refractivity contribution is -0.377. The molecule has 2 aliphatic rings. The third kappa shape index (κ3) is 3.36. The summed E-state index contributed by atoms with van der Waals surface area (Å²) in [6.07, 6.45) is 0. The maximum atomic E-state index is 11.9. The molecule has 2 saturated heterocycles. The molecule has 202 valence electrons. The van der Waals surface area contributed by atoms with Crippen molar-refractivity contribution in [2.75, 3.05) is 19.8 Å². The first-order chi connectivity index (χ1) is 14.7. The first-order valence-corrected chi connectivity index (χ1v) is 13.0. The van der Waals surface area contributed by atoms with E-state index >= 15 is 0 Å². The van der Waals surface area contributed by atoms with Crippen LogP contribution in [0.4, 0.5) is 0 Å². The summed E-state index contributed by atoms with van der Waals surface area (Å²) in [5.41, 5.74) is -5.39. The number of aliphatic hydroxyl groups is 2. The van der Waals surface area contributed by atoms with Crippen molar-refractivity contribution in [1.82, 2.24) is 0 Å². The topological polar surface area (TPSA) is 68.2 Å². The van der Waals surface area contributed by atoms with E-state index < -0.39 is 33.2 Å². The number of rotatable bonds is 5. The van der Waals surface area contributed by atoms with Crippen molar-refractivity contribution in [1.29, 1.82) is 0 Å². The summed E-state index contributed by atoms with van der Waals surface area (Å²) in [6.45, 7) is 34.8. The summed E-state index contributed by atoms with van der Waals surface area (Å²) in [4.78, 5) is 0. The van der Waals surface area contributed by atoms with Gasteiger partial charge in [0.15, 0.2) is 0 Å². The van der Waals surface area contributed by atoms with Gasteiger partial charge in [-0.25, -0.2) is 0 Å². The Balaban J connectivity index is 2.45. The molecule has 2 N–H and O–H groups in total. The first kappa shape index (κ1) is 30.0. The lowest BCUT2D eigenvalue weighted by Gasteiger charge is -2.70. The average Bonchev–Trinajstić information content (AvgIpc) is 2.64. The van der Waals surface area contributed by atoms with Gasteiger partial charge in [0.1, 0.15) is 11.2 Å². The molecule has 4 atom stereocenters. The largest absolute Gasteiger partial charge is 0.393 e. The first-order valence-electron chi connectivity index (χ1n) is 13.0. The highest BCUT2D eigenvalue weighted by atomic mass is 16.6. The van der Waals surface area contributed by atoms with E-state index in [0.717, 1.165) is 0 Å². The molecule has 0 aliphatic carbocycles. The normalized spacial score (nSPS) is 43.9. The summed E-state index contributed by atoms with van der Waals surface area (Å²) in [5, 5.41) is 22.2. The summed E-state index contributed by atoms with van der Waals surface area (Å²) >= 11 is 0. The molecular formula is C29H56O5. The summed E-state index contributed by atoms with van der Waals surface area (Å²) < 4.78 is 19.9. The zero-order valence-electron chi connectivity index (χ0n) is 25.2. The monoisotopic (exact) mass is 484 g/mol. The van der Waals surface area contributed by atoms with Crippen LogP contribution in [0, 0.1) is 27.1 Å². The third-order valence-electron chi connectivity index (χ3n) is 13.0. The van der Waals surface area contributed by atoms with Gasteiger partial charge in [-0.15, -0.1) is 0 Å². The van der Waals surface area contributed by atoms with Crippen molar-refractivity contribution < 1.29 is 24.4 Å². The minimum atomic E-state index is -1.34. The molecule has 0 amide bonds. The Kier molecular flexibility index (Phi) is 6.77. The molecule has 0 bridgehead atoms.